The molecular weight excluding hydrogens is 482 g/mol. The van der Waals surface area contributed by atoms with E-state index in [0.717, 1.165) is 22.6 Å². The molecule has 31 heavy (non-hydrogen) atoms. The van der Waals surface area contributed by atoms with Crippen LogP contribution < -0.4 is 19.0 Å². The van der Waals surface area contributed by atoms with Crippen molar-refractivity contribution in [3.05, 3.63) is 76.3 Å². The number of benzene rings is 3. The Morgan fingerprint density at radius 3 is 2.29 bits per heavy atom. The maximum atomic E-state index is 12.7. The summed E-state index contributed by atoms with van der Waals surface area (Å²) >= 11 is 3.41. The topological polar surface area (TPSA) is 73.9 Å². The molecule has 0 fully saturated rings. The molecule has 0 aromatic heterocycles. The summed E-state index contributed by atoms with van der Waals surface area (Å²) in [5.74, 6) is 1.23. The second-order valence-corrected chi connectivity index (χ2v) is 9.17. The number of ether oxygens (including phenoxy) is 2. The van der Waals surface area contributed by atoms with Gasteiger partial charge in [-0.2, -0.15) is 8.42 Å². The molecule has 0 unspecified atom stereocenters. The number of hydrogen-bond acceptors (Lipinski definition) is 6. The molecule has 6 nitrogen and oxygen atoms in total. The highest BCUT2D eigenvalue weighted by atomic mass is 79.9. The van der Waals surface area contributed by atoms with Gasteiger partial charge in [-0.3, -0.25) is 0 Å². The van der Waals surface area contributed by atoms with Gasteiger partial charge in [0.2, 0.25) is 0 Å². The normalized spacial score (nSPS) is 11.1. The van der Waals surface area contributed by atoms with Crippen molar-refractivity contribution in [1.29, 1.82) is 0 Å². The molecule has 0 aliphatic heterocycles. The smallest absolute Gasteiger partial charge is 0.339 e. The van der Waals surface area contributed by atoms with Crippen LogP contribution in [0.2, 0.25) is 0 Å². The first-order valence-corrected chi connectivity index (χ1v) is 11.9. The Morgan fingerprint density at radius 1 is 1.00 bits per heavy atom. The van der Waals surface area contributed by atoms with Crippen LogP contribution >= 0.6 is 15.9 Å². The fraction of sp³-hybridized carbons (Fsp3) is 0.217. The maximum absolute atomic E-state index is 12.7. The summed E-state index contributed by atoms with van der Waals surface area (Å²) in [7, 11) is -2.53. The van der Waals surface area contributed by atoms with E-state index in [-0.39, 0.29) is 10.6 Å². The number of hydrogen-bond donors (Lipinski definition) is 1. The van der Waals surface area contributed by atoms with Crippen LogP contribution in [-0.4, -0.2) is 22.1 Å². The first-order valence-electron chi connectivity index (χ1n) is 9.66. The Balaban J connectivity index is 1.77. The van der Waals surface area contributed by atoms with Gasteiger partial charge in [-0.15, -0.1) is 0 Å². The van der Waals surface area contributed by atoms with Crippen molar-refractivity contribution < 1.29 is 22.1 Å². The van der Waals surface area contributed by atoms with Crippen LogP contribution in [0.4, 0.5) is 5.69 Å². The van der Waals surface area contributed by atoms with Crippen LogP contribution in [0.5, 0.6) is 17.2 Å². The van der Waals surface area contributed by atoms with Gasteiger partial charge in [0.1, 0.15) is 10.6 Å². The predicted molar refractivity (Wildman–Crippen MR) is 125 cm³/mol. The summed E-state index contributed by atoms with van der Waals surface area (Å²) in [6.45, 7) is 4.95. The van der Waals surface area contributed by atoms with Crippen molar-refractivity contribution in [3.8, 4) is 17.2 Å². The highest BCUT2D eigenvalue weighted by Gasteiger charge is 2.22. The quantitative estimate of drug-likeness (QED) is 0.384. The molecule has 0 heterocycles. The molecule has 0 aliphatic carbocycles. The van der Waals surface area contributed by atoms with Gasteiger partial charge in [-0.1, -0.05) is 17.7 Å². The molecule has 3 aromatic rings. The number of halogens is 1. The van der Waals surface area contributed by atoms with Gasteiger partial charge in [-0.05, 0) is 83.9 Å². The lowest BCUT2D eigenvalue weighted by atomic mass is 10.2. The minimum atomic E-state index is -4.00. The molecule has 3 rings (SSSR count). The van der Waals surface area contributed by atoms with E-state index in [2.05, 4.69) is 21.2 Å². The molecule has 0 saturated carbocycles. The minimum Gasteiger partial charge on any atom is -0.494 e. The van der Waals surface area contributed by atoms with Crippen molar-refractivity contribution in [2.75, 3.05) is 19.0 Å². The molecule has 0 atom stereocenters. The van der Waals surface area contributed by atoms with Gasteiger partial charge in [-0.25, -0.2) is 0 Å². The van der Waals surface area contributed by atoms with Gasteiger partial charge in [0, 0.05) is 12.2 Å². The molecule has 8 heteroatoms. The third-order valence-electron chi connectivity index (χ3n) is 4.45. The van der Waals surface area contributed by atoms with Crippen molar-refractivity contribution in [2.24, 2.45) is 0 Å². The van der Waals surface area contributed by atoms with Crippen LogP contribution in [0.1, 0.15) is 18.1 Å². The molecule has 0 radical (unpaired) electrons. The lowest BCUT2D eigenvalue weighted by molar-refractivity contribution is 0.340. The summed E-state index contributed by atoms with van der Waals surface area (Å²) < 4.78 is 42.1. The zero-order chi connectivity index (χ0) is 22.4. The average Bonchev–Trinajstić information content (AvgIpc) is 2.75. The minimum absolute atomic E-state index is 0.0771. The highest BCUT2D eigenvalue weighted by Crippen LogP contribution is 2.38. The van der Waals surface area contributed by atoms with Crippen LogP contribution in [0.3, 0.4) is 0 Å². The molecule has 164 valence electrons. The Kier molecular flexibility index (Phi) is 7.46. The van der Waals surface area contributed by atoms with Crippen LogP contribution in [-0.2, 0) is 16.7 Å². The van der Waals surface area contributed by atoms with Crippen LogP contribution in [0, 0.1) is 6.92 Å². The second kappa shape index (κ2) is 10.1. The van der Waals surface area contributed by atoms with Gasteiger partial charge >= 0.3 is 10.1 Å². The molecule has 0 aliphatic rings. The lowest BCUT2D eigenvalue weighted by Crippen LogP contribution is -2.11. The Morgan fingerprint density at radius 2 is 1.68 bits per heavy atom. The number of methoxy groups -OCH3 is 1. The Labute approximate surface area is 191 Å². The second-order valence-electron chi connectivity index (χ2n) is 6.77. The first-order chi connectivity index (χ1) is 14.8. The maximum Gasteiger partial charge on any atom is 0.339 e. The Hall–Kier alpha value is -2.71. The fourth-order valence-electron chi connectivity index (χ4n) is 2.86. The van der Waals surface area contributed by atoms with Gasteiger partial charge in [0.15, 0.2) is 11.5 Å². The average molecular weight is 506 g/mol. The van der Waals surface area contributed by atoms with E-state index < -0.39 is 10.1 Å². The summed E-state index contributed by atoms with van der Waals surface area (Å²) in [6, 6.07) is 17.7. The van der Waals surface area contributed by atoms with Gasteiger partial charge in [0.25, 0.3) is 0 Å². The van der Waals surface area contributed by atoms with Crippen molar-refractivity contribution in [2.45, 2.75) is 25.3 Å². The third-order valence-corrected chi connectivity index (χ3v) is 6.28. The fourth-order valence-corrected chi connectivity index (χ4v) is 4.49. The predicted octanol–water partition coefficient (Wildman–Crippen LogP) is 5.54. The van der Waals surface area contributed by atoms with Crippen molar-refractivity contribution in [3.63, 3.8) is 0 Å². The molecule has 0 bridgehead atoms. The third kappa shape index (κ3) is 5.92. The molecule has 3 aromatic carbocycles. The van der Waals surface area contributed by atoms with E-state index in [0.29, 0.717) is 23.4 Å². The lowest BCUT2D eigenvalue weighted by Gasteiger charge is -2.15. The molecular formula is C23H24BrNO5S. The van der Waals surface area contributed by atoms with Crippen molar-refractivity contribution >= 4 is 31.7 Å². The number of rotatable bonds is 9. The van der Waals surface area contributed by atoms with E-state index in [1.54, 1.807) is 24.3 Å². The number of aryl methyl sites for hydroxylation is 1. The molecule has 0 amide bonds. The summed E-state index contributed by atoms with van der Waals surface area (Å²) in [5, 5.41) is 3.32. The van der Waals surface area contributed by atoms with Gasteiger partial charge < -0.3 is 19.0 Å². The van der Waals surface area contributed by atoms with Crippen LogP contribution in [0.25, 0.3) is 0 Å². The summed E-state index contributed by atoms with van der Waals surface area (Å²) in [4.78, 5) is 0.0771. The van der Waals surface area contributed by atoms with Crippen LogP contribution in [0.15, 0.2) is 70.0 Å². The standard InChI is InChI=1S/C23H24BrNO5S/c1-4-29-19-9-7-18(8-10-19)25-15-17-13-21(24)23(22(14-17)28-3)30-31(26,27)20-11-5-16(2)6-12-20/h5-14,25H,4,15H2,1-3H3. The highest BCUT2D eigenvalue weighted by molar-refractivity contribution is 9.10. The molecule has 1 N–H and O–H groups in total. The van der Waals surface area contributed by atoms with E-state index in [4.69, 9.17) is 13.7 Å². The SMILES string of the molecule is CCOc1ccc(NCc2cc(Br)c(OS(=O)(=O)c3ccc(C)cc3)c(OC)c2)cc1. The van der Waals surface area contributed by atoms with Gasteiger partial charge in [0.05, 0.1) is 18.2 Å². The van der Waals surface area contributed by atoms with E-state index in [1.807, 2.05) is 38.1 Å². The van der Waals surface area contributed by atoms with E-state index in [1.165, 1.54) is 19.2 Å². The Bertz CT molecular complexity index is 1130. The van der Waals surface area contributed by atoms with E-state index >= 15 is 0 Å². The summed E-state index contributed by atoms with van der Waals surface area (Å²) in [5.41, 5.74) is 2.78. The molecule has 0 spiro atoms. The number of nitrogens with one attached hydrogen (secondary N) is 1. The largest absolute Gasteiger partial charge is 0.494 e. The van der Waals surface area contributed by atoms with E-state index in [9.17, 15) is 8.42 Å². The van der Waals surface area contributed by atoms with Crippen molar-refractivity contribution in [1.82, 2.24) is 0 Å². The number of anilines is 1. The first kappa shape index (κ1) is 23.0. The molecule has 0 saturated heterocycles. The zero-order valence-corrected chi connectivity index (χ0v) is 19.9. The zero-order valence-electron chi connectivity index (χ0n) is 17.5. The monoisotopic (exact) mass is 505 g/mol. The summed E-state index contributed by atoms with van der Waals surface area (Å²) in [6.07, 6.45) is 0.